The minimum absolute atomic E-state index is 0.0948. The Bertz CT molecular complexity index is 4980. The number of carbonyl (C=O) groups excluding carboxylic acids is 16. The summed E-state index contributed by atoms with van der Waals surface area (Å²) < 4.78 is 85.2. The molecule has 8 aromatic rings. The Morgan fingerprint density at radius 3 is 0.404 bits per heavy atom. The van der Waals surface area contributed by atoms with E-state index in [-0.39, 0.29) is 154 Å². The van der Waals surface area contributed by atoms with Gasteiger partial charge < -0.3 is 163 Å². The Hall–Kier alpha value is -14.7. The molecule has 0 saturated heterocycles. The number of hydrogen-bond donors (Lipinski definition) is 10. The molecule has 0 fully saturated rings. The van der Waals surface area contributed by atoms with Crippen molar-refractivity contribution in [1.82, 2.24) is 44.1 Å². The van der Waals surface area contributed by atoms with Crippen molar-refractivity contribution >= 4 is 95.0 Å². The maximum absolute atomic E-state index is 13.6. The number of furan rings is 8. The highest BCUT2D eigenvalue weighted by Crippen LogP contribution is 2.23. The van der Waals surface area contributed by atoms with Gasteiger partial charge in [0.05, 0.1) is 105 Å². The van der Waals surface area contributed by atoms with Crippen molar-refractivity contribution in [3.8, 4) is 0 Å². The second kappa shape index (κ2) is 55.1. The number of amides is 8. The van der Waals surface area contributed by atoms with Crippen LogP contribution in [-0.2, 0) is 37.9 Å². The van der Waals surface area contributed by atoms with Crippen LogP contribution >= 0.6 is 0 Å². The number of nitrogens with zero attached hydrogens (tertiary/aromatic N) is 9. The molecule has 0 unspecified atom stereocenters. The van der Waals surface area contributed by atoms with Gasteiger partial charge in [0.15, 0.2) is 46.1 Å². The van der Waals surface area contributed by atoms with E-state index in [9.17, 15) is 128 Å². The Kier molecular flexibility index (Phi) is 43.2. The molecule has 10 N–H and O–H groups in total. The highest BCUT2D eigenvalue weighted by atomic mass is 16.6. The van der Waals surface area contributed by atoms with Crippen molar-refractivity contribution < 1.29 is 201 Å². The third-order valence-corrected chi connectivity index (χ3v) is 19.1. The fourth-order valence-corrected chi connectivity index (χ4v) is 12.2. The second-order valence-corrected chi connectivity index (χ2v) is 28.3. The summed E-state index contributed by atoms with van der Waals surface area (Å²) in [6.45, 7) is -12.0. The van der Waals surface area contributed by atoms with E-state index in [1.54, 1.807) is 11.9 Å². The zero-order valence-electron chi connectivity index (χ0n) is 73.3. The predicted molar refractivity (Wildman–Crippen MR) is 448 cm³/mol. The van der Waals surface area contributed by atoms with Crippen LogP contribution in [0, 0.1) is 0 Å². The SMILES string of the molecule is CN(CCOC(=O)c1ccc(C(=O)OCCN(CCO)C(=O)c2ccc(C(=O)N(CCO)CCOC(=O)c3ccc(C(=O)OCCN(CCO)C(=O)c4ccc(C(=O)N(CCO)CCO)o4)o3)o2)o1)CCOC(=O)c1ccc(C(=O)OCCN(CCO)C(=O)c2ccc(C(=O)N(CCO)CCOC(=O)c3ccc(C(=O)OCCN(CCO)C(=O)c4ccc(C(=O)N(CCO)CCO)o4)o3)o2)o1. The van der Waals surface area contributed by atoms with Gasteiger partial charge in [0, 0.05) is 78.5 Å². The molecule has 738 valence electrons. The van der Waals surface area contributed by atoms with E-state index in [1.165, 1.54) is 24.3 Å². The first-order valence-corrected chi connectivity index (χ1v) is 41.9. The molecule has 0 bridgehead atoms. The number of hydrogen-bond acceptors (Lipinski definition) is 43. The third kappa shape index (κ3) is 31.2. The fraction of sp³-hybridized carbons (Fsp3) is 0.435. The number of likely N-dealkylation sites (N-methyl/N-ethyl adjacent to an activating group) is 1. The van der Waals surface area contributed by atoms with E-state index in [4.69, 9.17) is 73.2 Å². The lowest BCUT2D eigenvalue weighted by Gasteiger charge is -2.21. The summed E-state index contributed by atoms with van der Waals surface area (Å²) in [6, 6.07) is 18.4. The molecule has 0 aliphatic heterocycles. The molecule has 0 aliphatic rings. The summed E-state index contributed by atoms with van der Waals surface area (Å²) in [5.41, 5.74) is 0. The van der Waals surface area contributed by atoms with Gasteiger partial charge in [0.1, 0.15) is 52.9 Å². The molecule has 51 heteroatoms. The summed E-state index contributed by atoms with van der Waals surface area (Å²) in [5, 5.41) is 95.4. The van der Waals surface area contributed by atoms with E-state index in [2.05, 4.69) is 0 Å². The molecule has 0 aliphatic carbocycles. The average molecular weight is 1920 g/mol. The Morgan fingerprint density at radius 1 is 0.176 bits per heavy atom. The summed E-state index contributed by atoms with van der Waals surface area (Å²) in [4.78, 5) is 220. The maximum atomic E-state index is 13.6. The van der Waals surface area contributed by atoms with Gasteiger partial charge in [-0.3, -0.25) is 43.3 Å². The van der Waals surface area contributed by atoms with Crippen molar-refractivity contribution in [3.05, 3.63) is 189 Å². The Morgan fingerprint density at radius 2 is 0.279 bits per heavy atom. The van der Waals surface area contributed by atoms with Crippen molar-refractivity contribution in [2.45, 2.75) is 0 Å². The minimum Gasteiger partial charge on any atom is -0.458 e. The predicted octanol–water partition coefficient (Wildman–Crippen LogP) is -2.02. The normalized spacial score (nSPS) is 11.0. The van der Waals surface area contributed by atoms with Crippen molar-refractivity contribution in [3.63, 3.8) is 0 Å². The van der Waals surface area contributed by atoms with Crippen LogP contribution in [0.1, 0.15) is 169 Å². The minimum atomic E-state index is -1.08. The molecule has 136 heavy (non-hydrogen) atoms. The third-order valence-electron chi connectivity index (χ3n) is 19.1. The van der Waals surface area contributed by atoms with Crippen molar-refractivity contribution in [2.24, 2.45) is 0 Å². The van der Waals surface area contributed by atoms with E-state index in [0.29, 0.717) is 0 Å². The number of aliphatic hydroxyl groups is 10. The van der Waals surface area contributed by atoms with E-state index >= 15 is 0 Å². The first kappa shape index (κ1) is 107. The second-order valence-electron chi connectivity index (χ2n) is 28.3. The van der Waals surface area contributed by atoms with Gasteiger partial charge in [-0.05, 0) is 104 Å². The molecule has 8 heterocycles. The topological polar surface area (TPSA) is 684 Å². The Labute approximate surface area is 770 Å². The first-order valence-electron chi connectivity index (χ1n) is 41.9. The zero-order chi connectivity index (χ0) is 98.8. The number of rotatable bonds is 60. The van der Waals surface area contributed by atoms with Crippen molar-refractivity contribution in [2.75, 3.05) is 244 Å². The van der Waals surface area contributed by atoms with Gasteiger partial charge in [-0.25, -0.2) is 38.4 Å². The highest BCUT2D eigenvalue weighted by molar-refractivity contribution is 6.00. The van der Waals surface area contributed by atoms with Crippen LogP contribution in [0.15, 0.2) is 132 Å². The lowest BCUT2D eigenvalue weighted by Crippen LogP contribution is -2.37. The lowest BCUT2D eigenvalue weighted by molar-refractivity contribution is 0.0345. The number of esters is 8. The molecule has 0 atom stereocenters. The van der Waals surface area contributed by atoms with Gasteiger partial charge in [-0.2, -0.15) is 0 Å². The standard InChI is InChI=1S/C85H101N9O42/c1-86(28-46-121-78(113)62-10-12-64(133-62)80(115)123-50-32-91(24-42-101)74(109)58-6-8-60(131-58)76(111)93(26-44-103)34-52-127-84(119)68-16-14-66(135-68)82(117)125-48-30-89(22-40-99)72(107)56-4-2-54(129-56)70(105)87(18-36-95)19-37-96)29-47-122-79(114)63-11-13-65(134-63)81(116)124-51-33-92(25-43-102)75(110)59-7-9-61(132-59)77(112)94(27-45-104)35-53-128-85(120)69-17-15-67(136-69)83(118)126-49-31-90(23-41-100)73(108)57-5-3-55(130-57)71(106)88(20-38-97)21-39-98/h2-17,95-104H,18-53H2,1H3. The molecule has 0 aromatic carbocycles. The van der Waals surface area contributed by atoms with Gasteiger partial charge in [0.25, 0.3) is 47.3 Å². The first-order chi connectivity index (χ1) is 65.6. The molecule has 0 spiro atoms. The lowest BCUT2D eigenvalue weighted by atomic mass is 10.3. The molecule has 0 radical (unpaired) electrons. The van der Waals surface area contributed by atoms with Gasteiger partial charge in [-0.15, -0.1) is 0 Å². The molecular weight excluding hydrogens is 1820 g/mol. The molecular formula is C85H101N9O42. The molecule has 0 saturated carbocycles. The van der Waals surface area contributed by atoms with E-state index < -0.39 is 270 Å². The number of ether oxygens (including phenoxy) is 8. The molecule has 8 amide bonds. The molecule has 51 nitrogen and oxygen atoms in total. The quantitative estimate of drug-likeness (QED) is 0.0145. The molecule has 8 aromatic heterocycles. The van der Waals surface area contributed by atoms with Crippen LogP contribution in [0.3, 0.4) is 0 Å². The van der Waals surface area contributed by atoms with Crippen LogP contribution in [0.4, 0.5) is 0 Å². The fourth-order valence-electron chi connectivity index (χ4n) is 12.2. The summed E-state index contributed by atoms with van der Waals surface area (Å²) >= 11 is 0. The summed E-state index contributed by atoms with van der Waals surface area (Å²) in [6.07, 6.45) is 0. The Balaban J connectivity index is 0.683. The largest absolute Gasteiger partial charge is 0.458 e. The number of carbonyl (C=O) groups is 16. The van der Waals surface area contributed by atoms with Crippen LogP contribution in [0.5, 0.6) is 0 Å². The smallest absolute Gasteiger partial charge is 0.374 e. The van der Waals surface area contributed by atoms with Crippen LogP contribution in [0.2, 0.25) is 0 Å². The molecule has 8 rings (SSSR count). The van der Waals surface area contributed by atoms with Crippen LogP contribution < -0.4 is 0 Å². The van der Waals surface area contributed by atoms with E-state index in [1.807, 2.05) is 0 Å². The zero-order valence-corrected chi connectivity index (χ0v) is 73.3. The van der Waals surface area contributed by atoms with Gasteiger partial charge in [-0.1, -0.05) is 0 Å². The van der Waals surface area contributed by atoms with Gasteiger partial charge >= 0.3 is 47.8 Å². The van der Waals surface area contributed by atoms with Crippen LogP contribution in [-0.4, -0.2) is 434 Å². The van der Waals surface area contributed by atoms with Crippen molar-refractivity contribution in [1.29, 1.82) is 0 Å². The van der Waals surface area contributed by atoms with Crippen LogP contribution in [0.25, 0.3) is 0 Å². The van der Waals surface area contributed by atoms with Gasteiger partial charge in [0.2, 0.25) is 46.1 Å². The summed E-state index contributed by atoms with van der Waals surface area (Å²) in [7, 11) is 1.60. The highest BCUT2D eigenvalue weighted by Gasteiger charge is 2.33. The maximum Gasteiger partial charge on any atom is 0.374 e. The average Bonchev–Trinajstić information content (AvgIpc) is 1.89. The monoisotopic (exact) mass is 1920 g/mol. The summed E-state index contributed by atoms with van der Waals surface area (Å²) in [5.74, 6) is -20.9. The number of aliphatic hydroxyl groups excluding tert-OH is 10. The van der Waals surface area contributed by atoms with E-state index in [0.717, 1.165) is 112 Å².